The molecular formula is C24H31N3O5S. The van der Waals surface area contributed by atoms with Gasteiger partial charge in [0, 0.05) is 31.7 Å². The molecular weight excluding hydrogens is 442 g/mol. The quantitative estimate of drug-likeness (QED) is 0.694. The SMILES string of the molecule is COc1ccc(S(=O)(=O)N2CCCCCC2)cc1NC(=O)CN1CCOc2ccccc2C1. The topological polar surface area (TPSA) is 88.2 Å². The van der Waals surface area contributed by atoms with Crippen LogP contribution in [0.15, 0.2) is 47.4 Å². The maximum Gasteiger partial charge on any atom is 0.243 e. The highest BCUT2D eigenvalue weighted by molar-refractivity contribution is 7.89. The number of nitrogens with zero attached hydrogens (tertiary/aromatic N) is 2. The van der Waals surface area contributed by atoms with Gasteiger partial charge in [-0.15, -0.1) is 0 Å². The first-order valence-corrected chi connectivity index (χ1v) is 12.8. The lowest BCUT2D eigenvalue weighted by Gasteiger charge is -2.22. The van der Waals surface area contributed by atoms with Crippen molar-refractivity contribution in [3.05, 3.63) is 48.0 Å². The Hall–Kier alpha value is -2.62. The van der Waals surface area contributed by atoms with Crippen LogP contribution in [-0.2, 0) is 21.4 Å². The van der Waals surface area contributed by atoms with Gasteiger partial charge in [0.15, 0.2) is 0 Å². The largest absolute Gasteiger partial charge is 0.495 e. The Labute approximate surface area is 195 Å². The van der Waals surface area contributed by atoms with E-state index in [-0.39, 0.29) is 17.3 Å². The number of benzene rings is 2. The summed E-state index contributed by atoms with van der Waals surface area (Å²) in [5.41, 5.74) is 1.38. The number of carbonyl (C=O) groups is 1. The highest BCUT2D eigenvalue weighted by Gasteiger charge is 2.26. The van der Waals surface area contributed by atoms with Gasteiger partial charge in [-0.3, -0.25) is 9.69 Å². The molecule has 2 heterocycles. The molecule has 33 heavy (non-hydrogen) atoms. The van der Waals surface area contributed by atoms with Crippen LogP contribution in [0.5, 0.6) is 11.5 Å². The van der Waals surface area contributed by atoms with Crippen LogP contribution >= 0.6 is 0 Å². The molecule has 2 aliphatic heterocycles. The second-order valence-corrected chi connectivity index (χ2v) is 10.3. The van der Waals surface area contributed by atoms with Crippen molar-refractivity contribution in [2.24, 2.45) is 0 Å². The van der Waals surface area contributed by atoms with Gasteiger partial charge in [-0.2, -0.15) is 4.31 Å². The van der Waals surface area contributed by atoms with E-state index in [0.717, 1.165) is 37.0 Å². The summed E-state index contributed by atoms with van der Waals surface area (Å²) >= 11 is 0. The zero-order valence-corrected chi connectivity index (χ0v) is 19.8. The molecule has 1 amide bonds. The van der Waals surface area contributed by atoms with E-state index in [1.165, 1.54) is 19.2 Å². The van der Waals surface area contributed by atoms with Crippen LogP contribution in [0.25, 0.3) is 0 Å². The van der Waals surface area contributed by atoms with E-state index in [0.29, 0.717) is 44.2 Å². The Morgan fingerprint density at radius 2 is 1.82 bits per heavy atom. The highest BCUT2D eigenvalue weighted by Crippen LogP contribution is 2.30. The van der Waals surface area contributed by atoms with Crippen molar-refractivity contribution in [3.63, 3.8) is 0 Å². The highest BCUT2D eigenvalue weighted by atomic mass is 32.2. The van der Waals surface area contributed by atoms with Crippen molar-refractivity contribution >= 4 is 21.6 Å². The van der Waals surface area contributed by atoms with E-state index in [9.17, 15) is 13.2 Å². The normalized spacial score (nSPS) is 17.8. The number of anilines is 1. The van der Waals surface area contributed by atoms with Gasteiger partial charge in [0.05, 0.1) is 24.2 Å². The molecule has 9 heteroatoms. The zero-order valence-electron chi connectivity index (χ0n) is 19.0. The second-order valence-electron chi connectivity index (χ2n) is 8.40. The molecule has 0 spiro atoms. The molecule has 0 radical (unpaired) electrons. The first-order chi connectivity index (χ1) is 16.0. The van der Waals surface area contributed by atoms with Crippen LogP contribution in [0.1, 0.15) is 31.2 Å². The number of sulfonamides is 1. The van der Waals surface area contributed by atoms with E-state index in [2.05, 4.69) is 5.32 Å². The molecule has 8 nitrogen and oxygen atoms in total. The summed E-state index contributed by atoms with van der Waals surface area (Å²) < 4.78 is 39.1. The maximum absolute atomic E-state index is 13.2. The lowest BCUT2D eigenvalue weighted by Crippen LogP contribution is -2.34. The second kappa shape index (κ2) is 10.5. The van der Waals surface area contributed by atoms with Crippen LogP contribution < -0.4 is 14.8 Å². The molecule has 0 atom stereocenters. The third-order valence-electron chi connectivity index (χ3n) is 6.05. The average Bonchev–Trinajstić information content (AvgIpc) is 3.20. The molecule has 0 bridgehead atoms. The van der Waals surface area contributed by atoms with Crippen LogP contribution in [0, 0.1) is 0 Å². The van der Waals surface area contributed by atoms with Crippen molar-refractivity contribution in [2.45, 2.75) is 37.1 Å². The number of methoxy groups -OCH3 is 1. The van der Waals surface area contributed by atoms with Crippen LogP contribution in [0.2, 0.25) is 0 Å². The predicted molar refractivity (Wildman–Crippen MR) is 126 cm³/mol. The minimum absolute atomic E-state index is 0.157. The number of fused-ring (bicyclic) bond motifs is 1. The molecule has 178 valence electrons. The Morgan fingerprint density at radius 3 is 2.58 bits per heavy atom. The van der Waals surface area contributed by atoms with Crippen LogP contribution in [0.4, 0.5) is 5.69 Å². The molecule has 2 aromatic carbocycles. The van der Waals surface area contributed by atoms with Crippen LogP contribution in [0.3, 0.4) is 0 Å². The lowest BCUT2D eigenvalue weighted by molar-refractivity contribution is -0.117. The van der Waals surface area contributed by atoms with Gasteiger partial charge in [0.25, 0.3) is 0 Å². The van der Waals surface area contributed by atoms with Gasteiger partial charge in [-0.25, -0.2) is 8.42 Å². The van der Waals surface area contributed by atoms with Gasteiger partial charge < -0.3 is 14.8 Å². The fourth-order valence-electron chi connectivity index (χ4n) is 4.28. The Balaban J connectivity index is 1.48. The monoisotopic (exact) mass is 473 g/mol. The van der Waals surface area contributed by atoms with Gasteiger partial charge in [-0.05, 0) is 37.1 Å². The van der Waals surface area contributed by atoms with Crippen molar-refractivity contribution < 1.29 is 22.7 Å². The molecule has 2 aromatic rings. The van der Waals surface area contributed by atoms with E-state index in [4.69, 9.17) is 9.47 Å². The predicted octanol–water partition coefficient (Wildman–Crippen LogP) is 3.09. The fourth-order valence-corrected chi connectivity index (χ4v) is 5.83. The summed E-state index contributed by atoms with van der Waals surface area (Å²) in [5, 5.41) is 2.85. The first-order valence-electron chi connectivity index (χ1n) is 11.4. The summed E-state index contributed by atoms with van der Waals surface area (Å²) in [6.07, 6.45) is 3.81. The molecule has 0 unspecified atom stereocenters. The molecule has 1 saturated heterocycles. The number of para-hydroxylation sites is 1. The van der Waals surface area contributed by atoms with Gasteiger partial charge in [0.1, 0.15) is 18.1 Å². The number of rotatable bonds is 6. The number of hydrogen-bond donors (Lipinski definition) is 1. The molecule has 0 aromatic heterocycles. The van der Waals surface area contributed by atoms with Gasteiger partial charge >= 0.3 is 0 Å². The number of carbonyl (C=O) groups excluding carboxylic acids is 1. The first kappa shape index (κ1) is 23.5. The number of nitrogens with one attached hydrogen (secondary N) is 1. The summed E-state index contributed by atoms with van der Waals surface area (Å²) in [7, 11) is -2.14. The van der Waals surface area contributed by atoms with Gasteiger partial charge in [-0.1, -0.05) is 31.0 Å². The standard InChI is InChI=1S/C24H31N3O5S/c1-31-23-11-10-20(33(29,30)27-12-6-2-3-7-13-27)16-21(23)25-24(28)18-26-14-15-32-22-9-5-4-8-19(22)17-26/h4-5,8-11,16H,2-3,6-7,12-15,17-18H2,1H3,(H,25,28). The summed E-state index contributed by atoms with van der Waals surface area (Å²) in [4.78, 5) is 15.0. The maximum atomic E-state index is 13.2. The molecule has 0 saturated carbocycles. The van der Waals surface area contributed by atoms with E-state index in [1.54, 1.807) is 10.4 Å². The molecule has 2 aliphatic rings. The molecule has 1 fully saturated rings. The van der Waals surface area contributed by atoms with E-state index < -0.39 is 10.0 Å². The summed E-state index contributed by atoms with van der Waals surface area (Å²) in [6.45, 7) is 2.91. The summed E-state index contributed by atoms with van der Waals surface area (Å²) in [5.74, 6) is 1.02. The minimum atomic E-state index is -3.63. The Kier molecular flexibility index (Phi) is 7.52. The molecule has 0 aliphatic carbocycles. The van der Waals surface area contributed by atoms with E-state index >= 15 is 0 Å². The molecule has 1 N–H and O–H groups in total. The van der Waals surface area contributed by atoms with Crippen molar-refractivity contribution in [1.29, 1.82) is 0 Å². The lowest BCUT2D eigenvalue weighted by atomic mass is 10.2. The van der Waals surface area contributed by atoms with E-state index in [1.807, 2.05) is 29.2 Å². The smallest absolute Gasteiger partial charge is 0.243 e. The Morgan fingerprint density at radius 1 is 1.06 bits per heavy atom. The van der Waals surface area contributed by atoms with Crippen molar-refractivity contribution in [3.8, 4) is 11.5 Å². The fraction of sp³-hybridized carbons (Fsp3) is 0.458. The third-order valence-corrected chi connectivity index (χ3v) is 7.94. The Bertz CT molecular complexity index is 1080. The average molecular weight is 474 g/mol. The number of hydrogen-bond acceptors (Lipinski definition) is 6. The third kappa shape index (κ3) is 5.66. The number of amides is 1. The minimum Gasteiger partial charge on any atom is -0.495 e. The zero-order chi connectivity index (χ0) is 23.3. The van der Waals surface area contributed by atoms with Crippen molar-refractivity contribution in [1.82, 2.24) is 9.21 Å². The number of ether oxygens (including phenoxy) is 2. The molecule has 4 rings (SSSR count). The van der Waals surface area contributed by atoms with Gasteiger partial charge in [0.2, 0.25) is 15.9 Å². The summed E-state index contributed by atoms with van der Waals surface area (Å²) in [6, 6.07) is 12.4. The van der Waals surface area contributed by atoms with Crippen molar-refractivity contribution in [2.75, 3.05) is 45.2 Å². The van der Waals surface area contributed by atoms with Crippen LogP contribution in [-0.4, -0.2) is 63.4 Å².